The molecule has 0 aliphatic heterocycles. The fourth-order valence-corrected chi connectivity index (χ4v) is 3.07. The second-order valence-corrected chi connectivity index (χ2v) is 7.91. The number of rotatable bonds is 11. The summed E-state index contributed by atoms with van der Waals surface area (Å²) in [6.45, 7) is 8.79. The van der Waals surface area contributed by atoms with Gasteiger partial charge in [0.05, 0.1) is 19.4 Å². The van der Waals surface area contributed by atoms with E-state index in [1.54, 1.807) is 36.4 Å². The number of nitrogens with zero attached hydrogens (tertiary/aromatic N) is 1. The second kappa shape index (κ2) is 12.7. The number of hydrogen-bond donors (Lipinski definition) is 2. The molecule has 0 aliphatic carbocycles. The third kappa shape index (κ3) is 7.89. The molecule has 0 saturated carbocycles. The largest absolute Gasteiger partial charge is 0.490 e. The SMILES string of the molecule is CCOc1ccc(C=NNC(=O)C(CC(C)C)NC(=O)c2ccc(Cl)cc2)cc1OCC. The molecule has 2 aromatic carbocycles. The van der Waals surface area contributed by atoms with Crippen LogP contribution >= 0.6 is 11.6 Å². The summed E-state index contributed by atoms with van der Waals surface area (Å²) in [7, 11) is 0. The molecular formula is C24H30ClN3O4. The first-order valence-corrected chi connectivity index (χ1v) is 11.0. The first-order valence-electron chi connectivity index (χ1n) is 10.6. The number of hydrogen-bond acceptors (Lipinski definition) is 5. The van der Waals surface area contributed by atoms with Crippen LogP contribution in [-0.2, 0) is 4.79 Å². The number of carbonyl (C=O) groups excluding carboxylic acids is 2. The highest BCUT2D eigenvalue weighted by molar-refractivity contribution is 6.30. The molecule has 0 heterocycles. The van der Waals surface area contributed by atoms with E-state index in [2.05, 4.69) is 15.8 Å². The van der Waals surface area contributed by atoms with Crippen LogP contribution in [0.4, 0.5) is 0 Å². The molecule has 0 fully saturated rings. The van der Waals surface area contributed by atoms with E-state index in [1.165, 1.54) is 6.21 Å². The maximum atomic E-state index is 12.7. The molecule has 32 heavy (non-hydrogen) atoms. The Hall–Kier alpha value is -3.06. The molecule has 2 rings (SSSR count). The lowest BCUT2D eigenvalue weighted by Gasteiger charge is -2.19. The van der Waals surface area contributed by atoms with Crippen molar-refractivity contribution in [3.63, 3.8) is 0 Å². The molecule has 0 radical (unpaired) electrons. The highest BCUT2D eigenvalue weighted by Crippen LogP contribution is 2.28. The highest BCUT2D eigenvalue weighted by Gasteiger charge is 2.22. The van der Waals surface area contributed by atoms with Crippen LogP contribution in [0.1, 0.15) is 50.0 Å². The maximum Gasteiger partial charge on any atom is 0.262 e. The Morgan fingerprint density at radius 1 is 1.03 bits per heavy atom. The van der Waals surface area contributed by atoms with E-state index in [0.717, 1.165) is 5.56 Å². The van der Waals surface area contributed by atoms with Crippen molar-refractivity contribution in [2.75, 3.05) is 13.2 Å². The lowest BCUT2D eigenvalue weighted by Crippen LogP contribution is -2.46. The number of amides is 2. The minimum Gasteiger partial charge on any atom is -0.490 e. The van der Waals surface area contributed by atoms with Gasteiger partial charge in [-0.1, -0.05) is 25.4 Å². The van der Waals surface area contributed by atoms with E-state index in [-0.39, 0.29) is 11.8 Å². The summed E-state index contributed by atoms with van der Waals surface area (Å²) in [5.41, 5.74) is 3.68. The summed E-state index contributed by atoms with van der Waals surface area (Å²) in [5.74, 6) is 0.711. The first-order chi connectivity index (χ1) is 15.3. The molecule has 0 saturated heterocycles. The number of ether oxygens (including phenoxy) is 2. The summed E-state index contributed by atoms with van der Waals surface area (Å²) in [4.78, 5) is 25.2. The van der Waals surface area contributed by atoms with Crippen LogP contribution in [0.3, 0.4) is 0 Å². The predicted octanol–water partition coefficient (Wildman–Crippen LogP) is 4.43. The van der Waals surface area contributed by atoms with Crippen LogP contribution in [0.15, 0.2) is 47.6 Å². The Balaban J connectivity index is 2.06. The Morgan fingerprint density at radius 3 is 2.31 bits per heavy atom. The van der Waals surface area contributed by atoms with Crippen molar-refractivity contribution in [3.05, 3.63) is 58.6 Å². The Kier molecular flexibility index (Phi) is 10.0. The third-order valence-corrected chi connectivity index (χ3v) is 4.64. The number of nitrogens with one attached hydrogen (secondary N) is 2. The summed E-state index contributed by atoms with van der Waals surface area (Å²) < 4.78 is 11.2. The maximum absolute atomic E-state index is 12.7. The Morgan fingerprint density at radius 2 is 1.69 bits per heavy atom. The van der Waals surface area contributed by atoms with E-state index in [9.17, 15) is 9.59 Å². The summed E-state index contributed by atoms with van der Waals surface area (Å²) in [6, 6.07) is 11.2. The molecule has 0 aromatic heterocycles. The van der Waals surface area contributed by atoms with Crippen molar-refractivity contribution < 1.29 is 19.1 Å². The molecule has 0 bridgehead atoms. The molecule has 172 valence electrons. The zero-order valence-corrected chi connectivity index (χ0v) is 19.6. The number of benzene rings is 2. The van der Waals surface area contributed by atoms with Gasteiger partial charge in [0.15, 0.2) is 11.5 Å². The zero-order valence-electron chi connectivity index (χ0n) is 18.9. The fraction of sp³-hybridized carbons (Fsp3) is 0.375. The van der Waals surface area contributed by atoms with E-state index in [4.69, 9.17) is 21.1 Å². The summed E-state index contributed by atoms with van der Waals surface area (Å²) in [5, 5.41) is 7.36. The second-order valence-electron chi connectivity index (χ2n) is 7.47. The van der Waals surface area contributed by atoms with Crippen molar-refractivity contribution in [2.24, 2.45) is 11.0 Å². The average molecular weight is 460 g/mol. The van der Waals surface area contributed by atoms with Gasteiger partial charge < -0.3 is 14.8 Å². The van der Waals surface area contributed by atoms with E-state index < -0.39 is 11.9 Å². The number of hydrazone groups is 1. The van der Waals surface area contributed by atoms with Gasteiger partial charge in [0, 0.05) is 10.6 Å². The molecule has 2 amide bonds. The molecule has 1 atom stereocenters. The Bertz CT molecular complexity index is 929. The van der Waals surface area contributed by atoms with Crippen molar-refractivity contribution in [1.29, 1.82) is 0 Å². The fourth-order valence-electron chi connectivity index (χ4n) is 2.94. The van der Waals surface area contributed by atoms with Gasteiger partial charge in [0.25, 0.3) is 11.8 Å². The van der Waals surface area contributed by atoms with Gasteiger partial charge in [0.1, 0.15) is 6.04 Å². The first kappa shape index (κ1) is 25.2. The average Bonchev–Trinajstić information content (AvgIpc) is 2.75. The quantitative estimate of drug-likeness (QED) is 0.384. The van der Waals surface area contributed by atoms with Crippen LogP contribution in [0.25, 0.3) is 0 Å². The van der Waals surface area contributed by atoms with Gasteiger partial charge in [-0.15, -0.1) is 0 Å². The monoisotopic (exact) mass is 459 g/mol. The molecule has 2 aromatic rings. The zero-order chi connectivity index (χ0) is 23.5. The summed E-state index contributed by atoms with van der Waals surface area (Å²) >= 11 is 5.87. The smallest absolute Gasteiger partial charge is 0.262 e. The molecular weight excluding hydrogens is 430 g/mol. The van der Waals surface area contributed by atoms with Gasteiger partial charge in [0.2, 0.25) is 0 Å². The number of carbonyl (C=O) groups is 2. The topological polar surface area (TPSA) is 89.0 Å². The number of halogens is 1. The van der Waals surface area contributed by atoms with Crippen molar-refractivity contribution >= 4 is 29.6 Å². The molecule has 8 heteroatoms. The summed E-state index contributed by atoms with van der Waals surface area (Å²) in [6.07, 6.45) is 1.99. The van der Waals surface area contributed by atoms with Crippen molar-refractivity contribution in [3.8, 4) is 11.5 Å². The van der Waals surface area contributed by atoms with Crippen LogP contribution in [0.2, 0.25) is 5.02 Å². The molecule has 7 nitrogen and oxygen atoms in total. The van der Waals surface area contributed by atoms with Gasteiger partial charge in [-0.25, -0.2) is 5.43 Å². The predicted molar refractivity (Wildman–Crippen MR) is 127 cm³/mol. The van der Waals surface area contributed by atoms with Gasteiger partial charge in [-0.2, -0.15) is 5.10 Å². The molecule has 0 spiro atoms. The lowest BCUT2D eigenvalue weighted by atomic mass is 10.0. The minimum atomic E-state index is -0.727. The van der Waals surface area contributed by atoms with Crippen LogP contribution in [-0.4, -0.2) is 37.3 Å². The van der Waals surface area contributed by atoms with Gasteiger partial charge in [-0.3, -0.25) is 9.59 Å². The molecule has 2 N–H and O–H groups in total. The van der Waals surface area contributed by atoms with E-state index >= 15 is 0 Å². The van der Waals surface area contributed by atoms with E-state index in [1.807, 2.05) is 33.8 Å². The standard InChI is InChI=1S/C24H30ClN3O4/c1-5-31-21-12-7-17(14-22(21)32-6-2)15-26-28-24(30)20(13-16(3)4)27-23(29)18-8-10-19(25)11-9-18/h7-12,14-16,20H,5-6,13H2,1-4H3,(H,27,29)(H,28,30). The molecule has 0 aliphatic rings. The van der Waals surface area contributed by atoms with Gasteiger partial charge in [-0.05, 0) is 74.2 Å². The van der Waals surface area contributed by atoms with Crippen LogP contribution in [0, 0.1) is 5.92 Å². The van der Waals surface area contributed by atoms with Crippen LogP contribution < -0.4 is 20.2 Å². The van der Waals surface area contributed by atoms with Crippen LogP contribution in [0.5, 0.6) is 11.5 Å². The Labute approximate surface area is 194 Å². The highest BCUT2D eigenvalue weighted by atomic mass is 35.5. The van der Waals surface area contributed by atoms with Crippen molar-refractivity contribution in [1.82, 2.24) is 10.7 Å². The van der Waals surface area contributed by atoms with Crippen molar-refractivity contribution in [2.45, 2.75) is 40.2 Å². The third-order valence-electron chi connectivity index (χ3n) is 4.39. The van der Waals surface area contributed by atoms with E-state index in [0.29, 0.717) is 41.7 Å². The lowest BCUT2D eigenvalue weighted by molar-refractivity contribution is -0.123. The molecule has 1 unspecified atom stereocenters. The normalized spacial score (nSPS) is 11.9. The minimum absolute atomic E-state index is 0.195. The van der Waals surface area contributed by atoms with Gasteiger partial charge >= 0.3 is 0 Å².